The molecule has 1 aliphatic rings. The lowest BCUT2D eigenvalue weighted by Crippen LogP contribution is -2.06. The van der Waals surface area contributed by atoms with Crippen LogP contribution in [0.3, 0.4) is 0 Å². The summed E-state index contributed by atoms with van der Waals surface area (Å²) in [6.45, 7) is 6.07. The Hall–Kier alpha value is -3.45. The molecule has 0 aromatic heterocycles. The molecule has 0 bridgehead atoms. The second kappa shape index (κ2) is 8.06. The van der Waals surface area contributed by atoms with Gasteiger partial charge >= 0.3 is 5.97 Å². The Bertz CT molecular complexity index is 1030. The normalized spacial score (nSPS) is 14.6. The molecule has 0 spiro atoms. The van der Waals surface area contributed by atoms with Gasteiger partial charge in [0.1, 0.15) is 12.4 Å². The summed E-state index contributed by atoms with van der Waals surface area (Å²) in [6.07, 6.45) is 1.57. The maximum absolute atomic E-state index is 12.1. The smallest absolute Gasteiger partial charge is 0.363 e. The molecule has 0 saturated heterocycles. The highest BCUT2D eigenvalue weighted by Gasteiger charge is 2.26. The fraction of sp³-hybridized carbons (Fsp3) is 0.100. The summed E-state index contributed by atoms with van der Waals surface area (Å²) in [5.74, 6) is 0.0468. The number of esters is 1. The average Bonchev–Trinajstić information content (AvgIpc) is 3.01. The topological polar surface area (TPSA) is 91.0 Å². The van der Waals surface area contributed by atoms with Crippen molar-refractivity contribution in [1.29, 1.82) is 0 Å². The SMILES string of the molecule is C=C(C)COc1ccc(/C=C2/N=C(c3ccc([N+](=O)[O-])cc3Cl)OC2=O)cc1. The van der Waals surface area contributed by atoms with Crippen LogP contribution in [0.4, 0.5) is 5.69 Å². The number of carbonyl (C=O) groups is 1. The minimum Gasteiger partial charge on any atom is -0.489 e. The molecule has 8 heteroatoms. The molecular formula is C20H15ClN2O5. The van der Waals surface area contributed by atoms with Crippen LogP contribution in [0.5, 0.6) is 5.75 Å². The predicted molar refractivity (Wildman–Crippen MR) is 105 cm³/mol. The van der Waals surface area contributed by atoms with Crippen LogP contribution in [0.1, 0.15) is 18.1 Å². The lowest BCUT2D eigenvalue weighted by Gasteiger charge is -2.05. The Morgan fingerprint density at radius 2 is 2.04 bits per heavy atom. The molecule has 0 aliphatic carbocycles. The molecule has 0 amide bonds. The van der Waals surface area contributed by atoms with Crippen LogP contribution < -0.4 is 4.74 Å². The quantitative estimate of drug-likeness (QED) is 0.234. The average molecular weight is 399 g/mol. The number of nitrogens with zero attached hydrogens (tertiary/aromatic N) is 2. The van der Waals surface area contributed by atoms with E-state index >= 15 is 0 Å². The highest BCUT2D eigenvalue weighted by Crippen LogP contribution is 2.27. The molecule has 0 unspecified atom stereocenters. The third kappa shape index (κ3) is 4.44. The molecule has 0 N–H and O–H groups in total. The van der Waals surface area contributed by atoms with Gasteiger partial charge in [0.05, 0.1) is 15.5 Å². The van der Waals surface area contributed by atoms with E-state index in [-0.39, 0.29) is 22.3 Å². The van der Waals surface area contributed by atoms with Gasteiger partial charge in [0.2, 0.25) is 5.90 Å². The van der Waals surface area contributed by atoms with E-state index in [2.05, 4.69) is 11.6 Å². The van der Waals surface area contributed by atoms with Crippen molar-refractivity contribution in [3.63, 3.8) is 0 Å². The van der Waals surface area contributed by atoms with Crippen molar-refractivity contribution in [3.05, 3.63) is 86.6 Å². The first-order chi connectivity index (χ1) is 13.3. The third-order valence-electron chi connectivity index (χ3n) is 3.68. The molecule has 7 nitrogen and oxygen atoms in total. The number of non-ortho nitro benzene ring substituents is 1. The van der Waals surface area contributed by atoms with Gasteiger partial charge in [-0.1, -0.05) is 30.3 Å². The van der Waals surface area contributed by atoms with Gasteiger partial charge in [-0.05, 0) is 42.3 Å². The molecule has 0 radical (unpaired) electrons. The Morgan fingerprint density at radius 1 is 1.32 bits per heavy atom. The predicted octanol–water partition coefficient (Wildman–Crippen LogP) is 4.55. The van der Waals surface area contributed by atoms with Gasteiger partial charge in [0, 0.05) is 12.1 Å². The summed E-state index contributed by atoms with van der Waals surface area (Å²) in [6, 6.07) is 10.9. The number of nitro groups is 1. The van der Waals surface area contributed by atoms with Crippen LogP contribution in [0, 0.1) is 10.1 Å². The van der Waals surface area contributed by atoms with Gasteiger partial charge in [0.25, 0.3) is 5.69 Å². The van der Waals surface area contributed by atoms with Crippen molar-refractivity contribution < 1.29 is 19.2 Å². The lowest BCUT2D eigenvalue weighted by molar-refractivity contribution is -0.384. The minimum absolute atomic E-state index is 0.00226. The zero-order chi connectivity index (χ0) is 20.3. The van der Waals surface area contributed by atoms with Crippen molar-refractivity contribution >= 4 is 35.2 Å². The van der Waals surface area contributed by atoms with E-state index in [1.807, 2.05) is 6.92 Å². The Morgan fingerprint density at radius 3 is 2.64 bits per heavy atom. The Kier molecular flexibility index (Phi) is 5.56. The van der Waals surface area contributed by atoms with Crippen molar-refractivity contribution in [1.82, 2.24) is 0 Å². The maximum Gasteiger partial charge on any atom is 0.363 e. The number of cyclic esters (lactones) is 1. The van der Waals surface area contributed by atoms with Gasteiger partial charge < -0.3 is 9.47 Å². The third-order valence-corrected chi connectivity index (χ3v) is 4.00. The summed E-state index contributed by atoms with van der Waals surface area (Å²) in [5.41, 5.74) is 1.87. The zero-order valence-electron chi connectivity index (χ0n) is 14.8. The minimum atomic E-state index is -0.632. The highest BCUT2D eigenvalue weighted by atomic mass is 35.5. The molecular weight excluding hydrogens is 384 g/mol. The van der Waals surface area contributed by atoms with E-state index in [0.717, 1.165) is 11.1 Å². The number of carbonyl (C=O) groups excluding carboxylic acids is 1. The number of nitro benzene ring substituents is 1. The second-order valence-electron chi connectivity index (χ2n) is 6.07. The number of hydrogen-bond acceptors (Lipinski definition) is 6. The standard InChI is InChI=1S/C20H15ClN2O5/c1-12(2)11-27-15-6-3-13(4-7-15)9-18-20(24)28-19(22-18)16-8-5-14(23(25)26)10-17(16)21/h3-10H,1,11H2,2H3/b18-9+. The Balaban J connectivity index is 1.81. The molecule has 0 atom stereocenters. The van der Waals surface area contributed by atoms with Crippen molar-refractivity contribution in [3.8, 4) is 5.75 Å². The molecule has 2 aromatic carbocycles. The summed E-state index contributed by atoms with van der Waals surface area (Å²) in [4.78, 5) is 26.5. The molecule has 2 aromatic rings. The maximum atomic E-state index is 12.1. The molecule has 28 heavy (non-hydrogen) atoms. The van der Waals surface area contributed by atoms with Crippen molar-refractivity contribution in [2.24, 2.45) is 4.99 Å². The van der Waals surface area contributed by atoms with Crippen LogP contribution in [-0.2, 0) is 9.53 Å². The van der Waals surface area contributed by atoms with E-state index in [9.17, 15) is 14.9 Å². The molecule has 1 heterocycles. The highest BCUT2D eigenvalue weighted by molar-refractivity contribution is 6.34. The van der Waals surface area contributed by atoms with Crippen LogP contribution in [0.2, 0.25) is 5.02 Å². The van der Waals surface area contributed by atoms with Gasteiger partial charge in [-0.25, -0.2) is 9.79 Å². The molecule has 1 aliphatic heterocycles. The second-order valence-corrected chi connectivity index (χ2v) is 6.48. The van der Waals surface area contributed by atoms with Crippen LogP contribution in [0.15, 0.2) is 65.3 Å². The fourth-order valence-electron chi connectivity index (χ4n) is 2.34. The van der Waals surface area contributed by atoms with Crippen molar-refractivity contribution in [2.75, 3.05) is 6.61 Å². The lowest BCUT2D eigenvalue weighted by atomic mass is 10.2. The van der Waals surface area contributed by atoms with Gasteiger partial charge in [-0.3, -0.25) is 10.1 Å². The number of rotatable bonds is 6. The Labute approximate surface area is 165 Å². The first-order valence-electron chi connectivity index (χ1n) is 8.17. The van der Waals surface area contributed by atoms with Crippen molar-refractivity contribution in [2.45, 2.75) is 6.92 Å². The number of aliphatic imine (C=N–C) groups is 1. The van der Waals surface area contributed by atoms with Crippen LogP contribution >= 0.6 is 11.6 Å². The largest absolute Gasteiger partial charge is 0.489 e. The summed E-state index contributed by atoms with van der Waals surface area (Å²) < 4.78 is 10.7. The molecule has 3 rings (SSSR count). The van der Waals surface area contributed by atoms with Gasteiger partial charge in [0.15, 0.2) is 5.70 Å². The fourth-order valence-corrected chi connectivity index (χ4v) is 2.60. The molecule has 0 saturated carbocycles. The number of ether oxygens (including phenoxy) is 2. The van der Waals surface area contributed by atoms with Gasteiger partial charge in [-0.15, -0.1) is 0 Å². The van der Waals surface area contributed by atoms with E-state index in [4.69, 9.17) is 21.1 Å². The zero-order valence-corrected chi connectivity index (χ0v) is 15.6. The molecule has 142 valence electrons. The van der Waals surface area contributed by atoms with E-state index in [1.54, 1.807) is 30.3 Å². The first kappa shape index (κ1) is 19.3. The number of halogens is 1. The summed E-state index contributed by atoms with van der Waals surface area (Å²) in [7, 11) is 0. The number of hydrogen-bond donors (Lipinski definition) is 0. The first-order valence-corrected chi connectivity index (χ1v) is 8.55. The van der Waals surface area contributed by atoms with Crippen LogP contribution in [0.25, 0.3) is 6.08 Å². The van der Waals surface area contributed by atoms with Crippen LogP contribution in [-0.4, -0.2) is 23.4 Å². The van der Waals surface area contributed by atoms with Gasteiger partial charge in [-0.2, -0.15) is 0 Å². The monoisotopic (exact) mass is 398 g/mol. The summed E-state index contributed by atoms with van der Waals surface area (Å²) in [5, 5.41) is 10.9. The summed E-state index contributed by atoms with van der Waals surface area (Å²) >= 11 is 6.06. The van der Waals surface area contributed by atoms with E-state index < -0.39 is 10.9 Å². The molecule has 0 fully saturated rings. The van der Waals surface area contributed by atoms with E-state index in [1.165, 1.54) is 18.2 Å². The van der Waals surface area contributed by atoms with E-state index in [0.29, 0.717) is 17.9 Å². The number of benzene rings is 2.